The molecule has 4 aliphatic heterocycles. The smallest absolute Gasteiger partial charge is 0.250 e. The Morgan fingerprint density at radius 3 is 2.53 bits per heavy atom. The second kappa shape index (κ2) is 7.15. The van der Waals surface area contributed by atoms with E-state index in [9.17, 15) is 14.4 Å². The lowest BCUT2D eigenvalue weighted by molar-refractivity contribution is -0.147. The predicted molar refractivity (Wildman–Crippen MR) is 120 cm³/mol. The average Bonchev–Trinajstić information content (AvgIpc) is 2.75. The zero-order valence-electron chi connectivity index (χ0n) is 18.7. The van der Waals surface area contributed by atoms with Crippen LogP contribution in [0.2, 0.25) is 0 Å². The SMILES string of the molecule is Cc1cc2c(cc1C)C(=O)CC1(CCN(C(=O)C3(C)CC(=O)N=C4C=CC=CN43)CC1)O2. The van der Waals surface area contributed by atoms with Crippen LogP contribution in [0.1, 0.15) is 54.1 Å². The van der Waals surface area contributed by atoms with Crippen molar-refractivity contribution in [2.45, 2.75) is 57.6 Å². The van der Waals surface area contributed by atoms with E-state index in [4.69, 9.17) is 4.74 Å². The first-order chi connectivity index (χ1) is 15.2. The van der Waals surface area contributed by atoms with Crippen molar-refractivity contribution in [1.29, 1.82) is 0 Å². The number of carbonyl (C=O) groups excluding carboxylic acids is 3. The molecule has 1 fully saturated rings. The summed E-state index contributed by atoms with van der Waals surface area (Å²) in [6.45, 7) is 6.78. The van der Waals surface area contributed by atoms with Crippen LogP contribution < -0.4 is 4.74 Å². The van der Waals surface area contributed by atoms with E-state index in [1.807, 2.05) is 38.1 Å². The first kappa shape index (κ1) is 20.7. The number of carbonyl (C=O) groups is 3. The number of aliphatic imine (C=N–C) groups is 1. The predicted octanol–water partition coefficient (Wildman–Crippen LogP) is 3.10. The van der Waals surface area contributed by atoms with Crippen molar-refractivity contribution >= 4 is 23.4 Å². The summed E-state index contributed by atoms with van der Waals surface area (Å²) in [7, 11) is 0. The number of aryl methyl sites for hydroxylation is 2. The summed E-state index contributed by atoms with van der Waals surface area (Å²) in [5, 5.41) is 0. The summed E-state index contributed by atoms with van der Waals surface area (Å²) in [5.74, 6) is 0.868. The van der Waals surface area contributed by atoms with Gasteiger partial charge >= 0.3 is 0 Å². The summed E-state index contributed by atoms with van der Waals surface area (Å²) in [6, 6.07) is 3.87. The Hall–Kier alpha value is -3.22. The number of piperidine rings is 1. The first-order valence-electron chi connectivity index (χ1n) is 11.1. The van der Waals surface area contributed by atoms with E-state index in [1.54, 1.807) is 29.0 Å². The van der Waals surface area contributed by atoms with Gasteiger partial charge in [0.1, 0.15) is 22.7 Å². The molecule has 1 aromatic rings. The topological polar surface area (TPSA) is 79.3 Å². The number of hydrogen-bond donors (Lipinski definition) is 0. The van der Waals surface area contributed by atoms with Crippen LogP contribution in [-0.2, 0) is 9.59 Å². The highest BCUT2D eigenvalue weighted by Gasteiger charge is 2.50. The zero-order chi connectivity index (χ0) is 22.7. The maximum absolute atomic E-state index is 13.6. The van der Waals surface area contributed by atoms with Gasteiger partial charge in [0.2, 0.25) is 5.91 Å². The number of ether oxygens (including phenoxy) is 1. The molecule has 4 aliphatic rings. The van der Waals surface area contributed by atoms with Gasteiger partial charge in [0.05, 0.1) is 18.4 Å². The molecule has 4 heterocycles. The molecule has 1 aromatic carbocycles. The van der Waals surface area contributed by atoms with Crippen LogP contribution in [0.4, 0.5) is 0 Å². The lowest BCUT2D eigenvalue weighted by atomic mass is 9.81. The number of benzene rings is 1. The molecule has 7 nitrogen and oxygen atoms in total. The minimum absolute atomic E-state index is 0.0378. The summed E-state index contributed by atoms with van der Waals surface area (Å²) in [4.78, 5) is 46.4. The summed E-state index contributed by atoms with van der Waals surface area (Å²) in [5.41, 5.74) is 1.24. The number of hydrogen-bond acceptors (Lipinski definition) is 5. The number of amidine groups is 1. The Morgan fingerprint density at radius 1 is 1.06 bits per heavy atom. The van der Waals surface area contributed by atoms with Crippen LogP contribution in [-0.4, -0.2) is 57.5 Å². The maximum Gasteiger partial charge on any atom is 0.250 e. The van der Waals surface area contributed by atoms with E-state index in [0.717, 1.165) is 11.1 Å². The number of nitrogens with zero attached hydrogens (tertiary/aromatic N) is 3. The minimum atomic E-state index is -1.01. The summed E-state index contributed by atoms with van der Waals surface area (Å²) in [6.07, 6.45) is 8.73. The van der Waals surface area contributed by atoms with Gasteiger partial charge in [-0.15, -0.1) is 0 Å². The normalized spacial score (nSPS) is 25.9. The monoisotopic (exact) mass is 433 g/mol. The maximum atomic E-state index is 13.6. The Morgan fingerprint density at radius 2 is 1.78 bits per heavy atom. The lowest BCUT2D eigenvalue weighted by Gasteiger charge is -2.48. The second-order valence-corrected chi connectivity index (χ2v) is 9.49. The van der Waals surface area contributed by atoms with E-state index in [0.29, 0.717) is 49.5 Å². The molecule has 5 rings (SSSR count). The van der Waals surface area contributed by atoms with Crippen molar-refractivity contribution in [2.24, 2.45) is 4.99 Å². The van der Waals surface area contributed by atoms with E-state index >= 15 is 0 Å². The Kier molecular flexibility index (Phi) is 4.62. The Bertz CT molecular complexity index is 1120. The number of Topliss-reactive ketones (excluding diaryl/α,β-unsaturated/α-hetero) is 1. The third-order valence-corrected chi connectivity index (χ3v) is 7.23. The van der Waals surface area contributed by atoms with Crippen LogP contribution in [0.25, 0.3) is 0 Å². The van der Waals surface area contributed by atoms with Crippen molar-refractivity contribution in [3.63, 3.8) is 0 Å². The molecular weight excluding hydrogens is 406 g/mol. The molecule has 0 aliphatic carbocycles. The van der Waals surface area contributed by atoms with Crippen molar-refractivity contribution < 1.29 is 19.1 Å². The van der Waals surface area contributed by atoms with Gasteiger partial charge in [-0.25, -0.2) is 0 Å². The number of ketones is 1. The molecule has 1 atom stereocenters. The van der Waals surface area contributed by atoms with Gasteiger partial charge in [-0.2, -0.15) is 4.99 Å². The van der Waals surface area contributed by atoms with Gasteiger partial charge in [0.25, 0.3) is 5.91 Å². The van der Waals surface area contributed by atoms with Gasteiger partial charge in [0.15, 0.2) is 5.78 Å². The number of likely N-dealkylation sites (tertiary alicyclic amines) is 1. The molecule has 2 amide bonds. The van der Waals surface area contributed by atoms with Crippen molar-refractivity contribution in [3.05, 3.63) is 53.3 Å². The lowest BCUT2D eigenvalue weighted by Crippen LogP contribution is -2.63. The second-order valence-electron chi connectivity index (χ2n) is 9.49. The van der Waals surface area contributed by atoms with E-state index < -0.39 is 11.1 Å². The molecule has 0 saturated carbocycles. The quantitative estimate of drug-likeness (QED) is 0.680. The fraction of sp³-hybridized carbons (Fsp3) is 0.440. The number of allylic oxidation sites excluding steroid dienone is 2. The van der Waals surface area contributed by atoms with E-state index in [-0.39, 0.29) is 24.0 Å². The Labute approximate surface area is 187 Å². The van der Waals surface area contributed by atoms with Gasteiger partial charge < -0.3 is 14.5 Å². The van der Waals surface area contributed by atoms with Crippen molar-refractivity contribution in [1.82, 2.24) is 9.80 Å². The third kappa shape index (κ3) is 3.18. The molecular formula is C25H27N3O4. The fourth-order valence-electron chi connectivity index (χ4n) is 5.15. The molecule has 1 spiro atoms. The molecule has 1 unspecified atom stereocenters. The standard InChI is InChI=1S/C25H27N3O4/c1-16-12-18-19(29)14-25(32-20(18)13-17(16)2)7-10-27(11-8-25)23(31)24(3)15-22(30)26-21-6-4-5-9-28(21)24/h4-6,9,12-13H,7-8,10-11,14-15H2,1-3H3. The van der Waals surface area contributed by atoms with E-state index in [2.05, 4.69) is 4.99 Å². The van der Waals surface area contributed by atoms with Gasteiger partial charge in [-0.3, -0.25) is 14.4 Å². The highest BCUT2D eigenvalue weighted by atomic mass is 16.5. The van der Waals surface area contributed by atoms with Crippen LogP contribution >= 0.6 is 0 Å². The molecule has 0 aromatic heterocycles. The largest absolute Gasteiger partial charge is 0.486 e. The van der Waals surface area contributed by atoms with Gasteiger partial charge in [-0.1, -0.05) is 6.08 Å². The van der Waals surface area contributed by atoms with Crippen LogP contribution in [0, 0.1) is 13.8 Å². The molecule has 166 valence electrons. The molecule has 0 bridgehead atoms. The number of fused-ring (bicyclic) bond motifs is 2. The minimum Gasteiger partial charge on any atom is -0.486 e. The van der Waals surface area contributed by atoms with Crippen LogP contribution in [0.5, 0.6) is 5.75 Å². The van der Waals surface area contributed by atoms with E-state index in [1.165, 1.54) is 0 Å². The number of rotatable bonds is 1. The molecule has 0 radical (unpaired) electrons. The van der Waals surface area contributed by atoms with Crippen LogP contribution in [0.15, 0.2) is 41.6 Å². The zero-order valence-corrected chi connectivity index (χ0v) is 18.7. The van der Waals surface area contributed by atoms with Gasteiger partial charge in [-0.05, 0) is 56.2 Å². The Balaban J connectivity index is 1.34. The molecule has 0 N–H and O–H groups in total. The van der Waals surface area contributed by atoms with Gasteiger partial charge in [0, 0.05) is 32.1 Å². The first-order valence-corrected chi connectivity index (χ1v) is 11.1. The van der Waals surface area contributed by atoms with Crippen LogP contribution in [0.3, 0.4) is 0 Å². The summed E-state index contributed by atoms with van der Waals surface area (Å²) >= 11 is 0. The van der Waals surface area contributed by atoms with Crippen molar-refractivity contribution in [3.8, 4) is 5.75 Å². The molecule has 7 heteroatoms. The molecule has 1 saturated heterocycles. The highest BCUT2D eigenvalue weighted by Crippen LogP contribution is 2.41. The van der Waals surface area contributed by atoms with Crippen molar-refractivity contribution in [2.75, 3.05) is 13.1 Å². The average molecular weight is 434 g/mol. The highest BCUT2D eigenvalue weighted by molar-refractivity contribution is 6.09. The number of amides is 2. The third-order valence-electron chi connectivity index (χ3n) is 7.23. The molecule has 32 heavy (non-hydrogen) atoms. The summed E-state index contributed by atoms with van der Waals surface area (Å²) < 4.78 is 6.41. The fourth-order valence-corrected chi connectivity index (χ4v) is 5.15.